The molecule has 0 fully saturated rings. The van der Waals surface area contributed by atoms with Gasteiger partial charge in [0.25, 0.3) is 0 Å². The van der Waals surface area contributed by atoms with Crippen molar-refractivity contribution in [2.75, 3.05) is 6.54 Å². The van der Waals surface area contributed by atoms with Crippen LogP contribution in [0.15, 0.2) is 34.8 Å². The van der Waals surface area contributed by atoms with E-state index in [4.69, 9.17) is 0 Å². The Balaban J connectivity index is 1.70. The van der Waals surface area contributed by atoms with Crippen molar-refractivity contribution in [1.29, 1.82) is 0 Å². The number of hydrogen-bond acceptors (Lipinski definition) is 6. The van der Waals surface area contributed by atoms with Gasteiger partial charge in [-0.2, -0.15) is 5.10 Å². The van der Waals surface area contributed by atoms with Crippen LogP contribution in [0.3, 0.4) is 0 Å². The molecule has 2 atom stereocenters. The summed E-state index contributed by atoms with van der Waals surface area (Å²) in [6, 6.07) is 2.79. The maximum atomic E-state index is 14.7. The Kier molecular flexibility index (Phi) is 5.30. The van der Waals surface area contributed by atoms with Crippen LogP contribution in [-0.4, -0.2) is 42.3 Å². The summed E-state index contributed by atoms with van der Waals surface area (Å²) in [5.74, 6) is -1.47. The molecule has 0 saturated heterocycles. The molecule has 1 N–H and O–H groups in total. The van der Waals surface area contributed by atoms with Gasteiger partial charge in [-0.05, 0) is 28.9 Å². The van der Waals surface area contributed by atoms with Gasteiger partial charge >= 0.3 is 0 Å². The van der Waals surface area contributed by atoms with E-state index in [-0.39, 0.29) is 12.1 Å². The molecule has 0 amide bonds. The normalized spacial score (nSPS) is 17.9. The lowest BCUT2D eigenvalue weighted by Gasteiger charge is -2.42. The van der Waals surface area contributed by atoms with Gasteiger partial charge in [0.05, 0.1) is 12.2 Å². The van der Waals surface area contributed by atoms with E-state index >= 15 is 0 Å². The van der Waals surface area contributed by atoms with E-state index in [0.29, 0.717) is 13.1 Å². The summed E-state index contributed by atoms with van der Waals surface area (Å²) in [4.78, 5) is 11.6. The Morgan fingerprint density at radius 1 is 1.39 bits per heavy atom. The minimum absolute atomic E-state index is 0.00748. The van der Waals surface area contributed by atoms with Gasteiger partial charge in [-0.25, -0.2) is 23.4 Å². The van der Waals surface area contributed by atoms with Gasteiger partial charge in [-0.1, -0.05) is 6.07 Å². The highest BCUT2D eigenvalue weighted by molar-refractivity contribution is 9.11. The molecule has 4 rings (SSSR count). The zero-order chi connectivity index (χ0) is 19.9. The third-order valence-electron chi connectivity index (χ3n) is 5.24. The van der Waals surface area contributed by atoms with E-state index < -0.39 is 23.3 Å². The number of aromatic nitrogens is 4. The maximum absolute atomic E-state index is 14.7. The van der Waals surface area contributed by atoms with Crippen molar-refractivity contribution in [2.45, 2.75) is 38.1 Å². The second-order valence-corrected chi connectivity index (χ2v) is 9.23. The summed E-state index contributed by atoms with van der Waals surface area (Å²) in [6.45, 7) is 3.11. The lowest BCUT2D eigenvalue weighted by molar-refractivity contribution is -0.0675. The van der Waals surface area contributed by atoms with Gasteiger partial charge in [-0.15, -0.1) is 11.3 Å². The quantitative estimate of drug-likeness (QED) is 0.621. The second-order valence-electron chi connectivity index (χ2n) is 6.87. The van der Waals surface area contributed by atoms with Crippen molar-refractivity contribution >= 4 is 27.3 Å². The predicted molar refractivity (Wildman–Crippen MR) is 104 cm³/mol. The molecule has 3 heterocycles. The average Bonchev–Trinajstić information content (AvgIpc) is 3.28. The number of benzene rings is 1. The highest BCUT2D eigenvalue weighted by Crippen LogP contribution is 2.36. The molecule has 0 unspecified atom stereocenters. The van der Waals surface area contributed by atoms with E-state index in [9.17, 15) is 13.9 Å². The molecule has 1 aromatic carbocycles. The van der Waals surface area contributed by atoms with Gasteiger partial charge in [-0.3, -0.25) is 4.90 Å². The van der Waals surface area contributed by atoms with Gasteiger partial charge in [0.15, 0.2) is 3.92 Å². The number of halogens is 3. The zero-order valence-corrected chi connectivity index (χ0v) is 17.4. The lowest BCUT2D eigenvalue weighted by Crippen LogP contribution is -2.53. The average molecular weight is 470 g/mol. The second kappa shape index (κ2) is 7.58. The third-order valence-corrected chi connectivity index (χ3v) is 6.77. The lowest BCUT2D eigenvalue weighted by atomic mass is 9.85. The maximum Gasteiger partial charge on any atom is 0.159 e. The molecule has 148 valence electrons. The van der Waals surface area contributed by atoms with Crippen molar-refractivity contribution in [2.24, 2.45) is 0 Å². The van der Waals surface area contributed by atoms with Crippen LogP contribution in [0, 0.1) is 11.6 Å². The first-order valence-electron chi connectivity index (χ1n) is 8.75. The Hall–Kier alpha value is -1.75. The summed E-state index contributed by atoms with van der Waals surface area (Å²) in [7, 11) is 0. The molecule has 1 aliphatic heterocycles. The van der Waals surface area contributed by atoms with E-state index in [2.05, 4.69) is 35.9 Å². The van der Waals surface area contributed by atoms with E-state index in [1.54, 1.807) is 11.3 Å². The van der Waals surface area contributed by atoms with Crippen LogP contribution in [-0.2, 0) is 25.1 Å². The Bertz CT molecular complexity index is 983. The monoisotopic (exact) mass is 469 g/mol. The molecule has 0 aliphatic carbocycles. The van der Waals surface area contributed by atoms with E-state index in [0.717, 1.165) is 33.0 Å². The van der Waals surface area contributed by atoms with Crippen LogP contribution < -0.4 is 0 Å². The first kappa shape index (κ1) is 19.6. The predicted octanol–water partition coefficient (Wildman–Crippen LogP) is 3.11. The fourth-order valence-electron chi connectivity index (χ4n) is 3.66. The molecule has 0 saturated carbocycles. The number of nitrogens with zero attached hydrogens (tertiary/aromatic N) is 5. The van der Waals surface area contributed by atoms with Crippen molar-refractivity contribution in [1.82, 2.24) is 24.6 Å². The summed E-state index contributed by atoms with van der Waals surface area (Å²) in [5.41, 5.74) is -0.549. The number of rotatable bonds is 5. The fourth-order valence-corrected chi connectivity index (χ4v) is 5.32. The van der Waals surface area contributed by atoms with Crippen molar-refractivity contribution in [3.63, 3.8) is 0 Å². The smallest absolute Gasteiger partial charge is 0.159 e. The number of fused-ring (bicyclic) bond motifs is 1. The third kappa shape index (κ3) is 3.61. The highest BCUT2D eigenvalue weighted by Gasteiger charge is 2.43. The molecular weight excluding hydrogens is 452 g/mol. The van der Waals surface area contributed by atoms with Gasteiger partial charge in [0.1, 0.15) is 29.9 Å². The SMILES string of the molecule is C[C@@H](N1CCc2nc(Br)sc2C1)[C@](O)(Cn1cncn1)c1ccc(F)cc1F. The molecular formula is C18H18BrF2N5OS. The number of aliphatic hydroxyl groups is 1. The number of thiazole rings is 1. The van der Waals surface area contributed by atoms with Gasteiger partial charge in [0.2, 0.25) is 0 Å². The first-order chi connectivity index (χ1) is 13.4. The molecule has 6 nitrogen and oxygen atoms in total. The van der Waals surface area contributed by atoms with Crippen LogP contribution in [0.5, 0.6) is 0 Å². The Labute approximate surface area is 173 Å². The molecule has 2 aromatic heterocycles. The Morgan fingerprint density at radius 2 is 2.21 bits per heavy atom. The highest BCUT2D eigenvalue weighted by atomic mass is 79.9. The topological polar surface area (TPSA) is 67.1 Å². The van der Waals surface area contributed by atoms with Crippen molar-refractivity contribution in [3.05, 3.63) is 62.5 Å². The molecule has 0 radical (unpaired) electrons. The van der Waals surface area contributed by atoms with Crippen molar-refractivity contribution < 1.29 is 13.9 Å². The van der Waals surface area contributed by atoms with Crippen molar-refractivity contribution in [3.8, 4) is 0 Å². The zero-order valence-electron chi connectivity index (χ0n) is 15.0. The molecule has 10 heteroatoms. The molecule has 3 aromatic rings. The van der Waals surface area contributed by atoms with Gasteiger partial charge < -0.3 is 5.11 Å². The van der Waals surface area contributed by atoms with Crippen LogP contribution in [0.1, 0.15) is 23.1 Å². The van der Waals surface area contributed by atoms with E-state index in [1.165, 1.54) is 23.4 Å². The summed E-state index contributed by atoms with van der Waals surface area (Å²) in [6.07, 6.45) is 3.56. The van der Waals surface area contributed by atoms with Crippen LogP contribution >= 0.6 is 27.3 Å². The molecule has 28 heavy (non-hydrogen) atoms. The summed E-state index contributed by atoms with van der Waals surface area (Å²) < 4.78 is 30.4. The molecule has 0 bridgehead atoms. The Morgan fingerprint density at radius 3 is 2.93 bits per heavy atom. The van der Waals surface area contributed by atoms with Crippen LogP contribution in [0.4, 0.5) is 8.78 Å². The van der Waals surface area contributed by atoms with Gasteiger partial charge in [0, 0.05) is 42.1 Å². The van der Waals surface area contributed by atoms with Crippen LogP contribution in [0.2, 0.25) is 0 Å². The first-order valence-corrected chi connectivity index (χ1v) is 10.4. The standard InChI is InChI=1S/C18H18BrF2N5OS/c1-11(25-5-4-15-16(7-25)28-17(19)24-15)18(27,8-26-10-22-9-23-26)13-3-2-12(20)6-14(13)21/h2-3,6,9-11,27H,4-5,7-8H2,1H3/t11-,18-/m1/s1. The fraction of sp³-hybridized carbons (Fsp3) is 0.389. The summed E-state index contributed by atoms with van der Waals surface area (Å²) in [5, 5.41) is 15.7. The minimum Gasteiger partial charge on any atom is -0.381 e. The number of hydrogen-bond donors (Lipinski definition) is 1. The van der Waals surface area contributed by atoms with Crippen LogP contribution in [0.25, 0.3) is 0 Å². The molecule has 1 aliphatic rings. The largest absolute Gasteiger partial charge is 0.381 e. The molecule has 0 spiro atoms. The summed E-state index contributed by atoms with van der Waals surface area (Å²) >= 11 is 4.98. The minimum atomic E-state index is -1.63. The van der Waals surface area contributed by atoms with E-state index in [1.807, 2.05) is 6.92 Å².